The lowest BCUT2D eigenvalue weighted by atomic mass is 10.3. The van der Waals surface area contributed by atoms with Crippen molar-refractivity contribution in [3.05, 3.63) is 40.6 Å². The molecule has 2 aromatic rings. The second-order valence-corrected chi connectivity index (χ2v) is 5.17. The van der Waals surface area contributed by atoms with Crippen LogP contribution in [0.1, 0.15) is 9.67 Å². The Bertz CT molecular complexity index is 505. The first-order chi connectivity index (χ1) is 7.65. The smallest absolute Gasteiger partial charge is 0.258 e. The fourth-order valence-electron chi connectivity index (χ4n) is 1.15. The first-order valence-electron chi connectivity index (χ1n) is 4.50. The van der Waals surface area contributed by atoms with Crippen LogP contribution in [0.5, 0.6) is 5.75 Å². The van der Waals surface area contributed by atoms with Gasteiger partial charge in [-0.2, -0.15) is 0 Å². The maximum absolute atomic E-state index is 10.9. The Morgan fingerprint density at radius 2 is 1.94 bits per heavy atom. The van der Waals surface area contributed by atoms with Gasteiger partial charge in [0.05, 0.1) is 4.88 Å². The van der Waals surface area contributed by atoms with Crippen molar-refractivity contribution in [1.82, 2.24) is 0 Å². The lowest BCUT2D eigenvalue weighted by molar-refractivity contribution is 0.100. The molecule has 0 aliphatic carbocycles. The van der Waals surface area contributed by atoms with E-state index in [2.05, 4.69) is 0 Å². The number of hydrogen-bond donors (Lipinski definition) is 2. The molecular weight excluding hydrogens is 242 g/mol. The van der Waals surface area contributed by atoms with Crippen molar-refractivity contribution < 1.29 is 9.90 Å². The standard InChI is InChI=1S/C11H9NO2S2/c12-11(14)10-5-9(6-15-10)16-8-3-1-7(13)2-4-8/h1-6,13H,(H2,12,14). The molecule has 0 aliphatic rings. The van der Waals surface area contributed by atoms with E-state index in [0.29, 0.717) is 4.88 Å². The molecule has 1 heterocycles. The second-order valence-electron chi connectivity index (χ2n) is 3.11. The average Bonchev–Trinajstić information content (AvgIpc) is 2.70. The largest absolute Gasteiger partial charge is 0.508 e. The zero-order chi connectivity index (χ0) is 11.5. The monoisotopic (exact) mass is 251 g/mol. The minimum absolute atomic E-state index is 0.243. The third kappa shape index (κ3) is 2.56. The van der Waals surface area contributed by atoms with E-state index in [0.717, 1.165) is 9.79 Å². The van der Waals surface area contributed by atoms with Gasteiger partial charge in [0.1, 0.15) is 5.75 Å². The molecule has 0 bridgehead atoms. The predicted octanol–water partition coefficient (Wildman–Crippen LogP) is 2.70. The van der Waals surface area contributed by atoms with E-state index < -0.39 is 5.91 Å². The van der Waals surface area contributed by atoms with E-state index in [4.69, 9.17) is 10.8 Å². The number of phenols is 1. The number of phenolic OH excluding ortho intramolecular Hbond substituents is 1. The Kier molecular flexibility index (Phi) is 3.17. The van der Waals surface area contributed by atoms with Crippen LogP contribution in [0.3, 0.4) is 0 Å². The van der Waals surface area contributed by atoms with E-state index in [1.54, 1.807) is 18.2 Å². The molecule has 0 aliphatic heterocycles. The molecule has 1 aromatic carbocycles. The van der Waals surface area contributed by atoms with Gasteiger partial charge in [-0.25, -0.2) is 0 Å². The minimum Gasteiger partial charge on any atom is -0.508 e. The summed E-state index contributed by atoms with van der Waals surface area (Å²) in [6, 6.07) is 8.67. The summed E-state index contributed by atoms with van der Waals surface area (Å²) in [5.74, 6) is -0.157. The van der Waals surface area contributed by atoms with Crippen molar-refractivity contribution in [3.63, 3.8) is 0 Å². The normalized spacial score (nSPS) is 10.2. The topological polar surface area (TPSA) is 63.3 Å². The highest BCUT2D eigenvalue weighted by atomic mass is 32.2. The average molecular weight is 251 g/mol. The highest BCUT2D eigenvalue weighted by Gasteiger charge is 2.05. The summed E-state index contributed by atoms with van der Waals surface area (Å²) in [5.41, 5.74) is 5.17. The summed E-state index contributed by atoms with van der Waals surface area (Å²) in [7, 11) is 0. The number of hydrogen-bond acceptors (Lipinski definition) is 4. The van der Waals surface area contributed by atoms with Gasteiger partial charge < -0.3 is 10.8 Å². The van der Waals surface area contributed by atoms with Crippen molar-refractivity contribution in [2.75, 3.05) is 0 Å². The number of nitrogens with two attached hydrogens (primary N) is 1. The van der Waals surface area contributed by atoms with Gasteiger partial charge in [-0.15, -0.1) is 11.3 Å². The van der Waals surface area contributed by atoms with E-state index in [1.807, 2.05) is 17.5 Å². The molecular formula is C11H9NO2S2. The van der Waals surface area contributed by atoms with Crippen molar-refractivity contribution in [2.24, 2.45) is 5.73 Å². The Morgan fingerprint density at radius 3 is 2.50 bits per heavy atom. The molecule has 16 heavy (non-hydrogen) atoms. The van der Waals surface area contributed by atoms with Gasteiger partial charge in [0, 0.05) is 15.2 Å². The summed E-state index contributed by atoms with van der Waals surface area (Å²) in [6.07, 6.45) is 0. The Hall–Kier alpha value is -1.46. The van der Waals surface area contributed by atoms with Gasteiger partial charge in [-0.1, -0.05) is 11.8 Å². The molecule has 0 unspecified atom stereocenters. The first kappa shape index (κ1) is 11.0. The van der Waals surface area contributed by atoms with Crippen LogP contribution in [0.4, 0.5) is 0 Å². The number of rotatable bonds is 3. The summed E-state index contributed by atoms with van der Waals surface area (Å²) in [6.45, 7) is 0. The van der Waals surface area contributed by atoms with Crippen LogP contribution in [0.15, 0.2) is 45.5 Å². The number of aromatic hydroxyl groups is 1. The maximum Gasteiger partial charge on any atom is 0.258 e. The molecule has 2 rings (SSSR count). The van der Waals surface area contributed by atoms with Crippen LogP contribution in [-0.2, 0) is 0 Å². The van der Waals surface area contributed by atoms with Crippen LogP contribution in [0, 0.1) is 0 Å². The summed E-state index contributed by atoms with van der Waals surface area (Å²) < 4.78 is 0. The quantitative estimate of drug-likeness (QED) is 0.881. The van der Waals surface area contributed by atoms with Crippen molar-refractivity contribution in [3.8, 4) is 5.75 Å². The number of primary amides is 1. The lowest BCUT2D eigenvalue weighted by Gasteiger charge is -1.98. The van der Waals surface area contributed by atoms with Gasteiger partial charge >= 0.3 is 0 Å². The van der Waals surface area contributed by atoms with Gasteiger partial charge in [0.2, 0.25) is 0 Å². The van der Waals surface area contributed by atoms with Crippen LogP contribution in [0.2, 0.25) is 0 Å². The van der Waals surface area contributed by atoms with Crippen molar-refractivity contribution in [1.29, 1.82) is 0 Å². The van der Waals surface area contributed by atoms with Gasteiger partial charge in [-0.3, -0.25) is 4.79 Å². The summed E-state index contributed by atoms with van der Waals surface area (Å²) in [5, 5.41) is 11.0. The Balaban J connectivity index is 2.14. The molecule has 1 amide bonds. The summed E-state index contributed by atoms with van der Waals surface area (Å²) in [4.78, 5) is 13.4. The molecule has 0 radical (unpaired) electrons. The third-order valence-electron chi connectivity index (χ3n) is 1.89. The third-order valence-corrected chi connectivity index (χ3v) is 3.96. The molecule has 82 valence electrons. The molecule has 0 atom stereocenters. The van der Waals surface area contributed by atoms with E-state index in [1.165, 1.54) is 23.1 Å². The van der Waals surface area contributed by atoms with Gasteiger partial charge in [-0.05, 0) is 30.3 Å². The van der Waals surface area contributed by atoms with Crippen LogP contribution < -0.4 is 5.73 Å². The van der Waals surface area contributed by atoms with Crippen LogP contribution in [-0.4, -0.2) is 11.0 Å². The number of benzene rings is 1. The van der Waals surface area contributed by atoms with Gasteiger partial charge in [0.15, 0.2) is 0 Å². The molecule has 3 N–H and O–H groups in total. The van der Waals surface area contributed by atoms with E-state index in [9.17, 15) is 4.79 Å². The SMILES string of the molecule is NC(=O)c1cc(Sc2ccc(O)cc2)cs1. The zero-order valence-electron chi connectivity index (χ0n) is 8.21. The number of carbonyl (C=O) groups excluding carboxylic acids is 1. The molecule has 0 spiro atoms. The number of amides is 1. The highest BCUT2D eigenvalue weighted by molar-refractivity contribution is 7.99. The van der Waals surface area contributed by atoms with Crippen molar-refractivity contribution in [2.45, 2.75) is 9.79 Å². The molecule has 0 saturated carbocycles. The van der Waals surface area contributed by atoms with Crippen LogP contribution in [0.25, 0.3) is 0 Å². The number of thiophene rings is 1. The lowest BCUT2D eigenvalue weighted by Crippen LogP contribution is -2.08. The molecule has 1 aromatic heterocycles. The first-order valence-corrected chi connectivity index (χ1v) is 6.20. The predicted molar refractivity (Wildman–Crippen MR) is 65.1 cm³/mol. The second kappa shape index (κ2) is 4.59. The van der Waals surface area contributed by atoms with E-state index in [-0.39, 0.29) is 5.75 Å². The van der Waals surface area contributed by atoms with Crippen LogP contribution >= 0.6 is 23.1 Å². The highest BCUT2D eigenvalue weighted by Crippen LogP contribution is 2.31. The fourth-order valence-corrected chi connectivity index (χ4v) is 2.91. The Morgan fingerprint density at radius 1 is 1.25 bits per heavy atom. The van der Waals surface area contributed by atoms with Crippen molar-refractivity contribution >= 4 is 29.0 Å². The molecule has 0 fully saturated rings. The summed E-state index contributed by atoms with van der Waals surface area (Å²) >= 11 is 2.86. The van der Waals surface area contributed by atoms with E-state index >= 15 is 0 Å². The molecule has 5 heteroatoms. The minimum atomic E-state index is -0.400. The molecule has 3 nitrogen and oxygen atoms in total. The molecule has 0 saturated heterocycles. The Labute approximate surface area is 101 Å². The zero-order valence-corrected chi connectivity index (χ0v) is 9.85. The number of carbonyl (C=O) groups is 1. The maximum atomic E-state index is 10.9. The van der Waals surface area contributed by atoms with Gasteiger partial charge in [0.25, 0.3) is 5.91 Å². The fraction of sp³-hybridized carbons (Fsp3) is 0.